The van der Waals surface area contributed by atoms with Crippen LogP contribution in [0.1, 0.15) is 18.1 Å². The highest BCUT2D eigenvalue weighted by Gasteiger charge is 1.96. The van der Waals surface area contributed by atoms with Gasteiger partial charge in [0.15, 0.2) is 0 Å². The Labute approximate surface area is 107 Å². The van der Waals surface area contributed by atoms with Crippen LogP contribution in [0.4, 0.5) is 5.69 Å². The third kappa shape index (κ3) is 3.46. The van der Waals surface area contributed by atoms with Gasteiger partial charge >= 0.3 is 0 Å². The van der Waals surface area contributed by atoms with Gasteiger partial charge in [0.2, 0.25) is 0 Å². The lowest BCUT2D eigenvalue weighted by atomic mass is 10.1. The molecular formula is C14H15ClN2. The van der Waals surface area contributed by atoms with E-state index >= 15 is 0 Å². The molecule has 0 fully saturated rings. The Bertz CT molecular complexity index is 480. The molecule has 2 rings (SSSR count). The molecule has 88 valence electrons. The maximum atomic E-state index is 5.82. The van der Waals surface area contributed by atoms with Crippen molar-refractivity contribution in [2.45, 2.75) is 19.9 Å². The summed E-state index contributed by atoms with van der Waals surface area (Å²) in [6.45, 7) is 2.95. The van der Waals surface area contributed by atoms with Crippen molar-refractivity contribution < 1.29 is 0 Å². The Morgan fingerprint density at radius 3 is 2.47 bits per heavy atom. The van der Waals surface area contributed by atoms with Gasteiger partial charge in [-0.05, 0) is 29.7 Å². The molecule has 3 heteroatoms. The van der Waals surface area contributed by atoms with Gasteiger partial charge in [-0.25, -0.2) is 4.98 Å². The Morgan fingerprint density at radius 1 is 1.12 bits per heavy atom. The Kier molecular flexibility index (Phi) is 3.99. The first-order chi connectivity index (χ1) is 8.28. The smallest absolute Gasteiger partial charge is 0.131 e. The fraction of sp³-hybridized carbons (Fsp3) is 0.214. The molecule has 1 N–H and O–H groups in total. The van der Waals surface area contributed by atoms with E-state index in [1.165, 1.54) is 11.1 Å². The van der Waals surface area contributed by atoms with E-state index in [9.17, 15) is 0 Å². The van der Waals surface area contributed by atoms with E-state index in [1.807, 2.05) is 12.1 Å². The lowest BCUT2D eigenvalue weighted by Crippen LogP contribution is -1.99. The van der Waals surface area contributed by atoms with Crippen LogP contribution in [0.15, 0.2) is 42.6 Å². The first-order valence-electron chi connectivity index (χ1n) is 5.71. The average molecular weight is 247 g/mol. The number of halogens is 1. The molecule has 2 aromatic rings. The predicted molar refractivity (Wildman–Crippen MR) is 72.4 cm³/mol. The molecule has 1 aromatic heterocycles. The highest BCUT2D eigenvalue weighted by Crippen LogP contribution is 2.13. The van der Waals surface area contributed by atoms with Crippen molar-refractivity contribution in [2.24, 2.45) is 0 Å². The third-order valence-corrected chi connectivity index (χ3v) is 2.86. The Hall–Kier alpha value is -1.54. The van der Waals surface area contributed by atoms with Crippen LogP contribution in [0.25, 0.3) is 0 Å². The second kappa shape index (κ2) is 5.69. The maximum Gasteiger partial charge on any atom is 0.131 e. The van der Waals surface area contributed by atoms with Crippen molar-refractivity contribution in [3.05, 3.63) is 58.9 Å². The van der Waals surface area contributed by atoms with Gasteiger partial charge in [0, 0.05) is 18.4 Å². The van der Waals surface area contributed by atoms with Gasteiger partial charge in [0.25, 0.3) is 0 Å². The summed E-state index contributed by atoms with van der Waals surface area (Å²) < 4.78 is 0. The summed E-state index contributed by atoms with van der Waals surface area (Å²) in [6.07, 6.45) is 2.78. The standard InChI is InChI=1S/C14H15ClN2/c1-2-11-3-5-12(6-4-11)10-17-13-7-8-16-14(15)9-13/h3-9H,2,10H2,1H3,(H,16,17). The molecule has 0 saturated heterocycles. The number of rotatable bonds is 4. The normalized spacial score (nSPS) is 10.2. The van der Waals surface area contributed by atoms with Gasteiger partial charge in [-0.2, -0.15) is 0 Å². The molecule has 0 saturated carbocycles. The zero-order valence-corrected chi connectivity index (χ0v) is 10.5. The summed E-state index contributed by atoms with van der Waals surface area (Å²) in [6, 6.07) is 12.4. The molecule has 2 nitrogen and oxygen atoms in total. The molecule has 0 amide bonds. The van der Waals surface area contributed by atoms with Crippen molar-refractivity contribution in [3.63, 3.8) is 0 Å². The molecule has 17 heavy (non-hydrogen) atoms. The van der Waals surface area contributed by atoms with Crippen molar-refractivity contribution in [1.29, 1.82) is 0 Å². The summed E-state index contributed by atoms with van der Waals surface area (Å²) in [5.74, 6) is 0. The fourth-order valence-electron chi connectivity index (χ4n) is 1.61. The third-order valence-electron chi connectivity index (χ3n) is 2.65. The van der Waals surface area contributed by atoms with E-state index in [0.29, 0.717) is 5.15 Å². The van der Waals surface area contributed by atoms with Gasteiger partial charge in [0.1, 0.15) is 5.15 Å². The van der Waals surface area contributed by atoms with Gasteiger partial charge in [0.05, 0.1) is 0 Å². The summed E-state index contributed by atoms with van der Waals surface area (Å²) >= 11 is 5.82. The maximum absolute atomic E-state index is 5.82. The highest BCUT2D eigenvalue weighted by molar-refractivity contribution is 6.29. The van der Waals surface area contributed by atoms with E-state index in [0.717, 1.165) is 18.7 Å². The lowest BCUT2D eigenvalue weighted by molar-refractivity contribution is 1.10. The molecule has 0 aliphatic heterocycles. The van der Waals surface area contributed by atoms with E-state index < -0.39 is 0 Å². The average Bonchev–Trinajstić information content (AvgIpc) is 2.37. The molecule has 0 bridgehead atoms. The molecule has 0 unspecified atom stereocenters. The second-order valence-corrected chi connectivity index (χ2v) is 4.28. The van der Waals surface area contributed by atoms with Crippen LogP contribution in [0.5, 0.6) is 0 Å². The van der Waals surface area contributed by atoms with Crippen LogP contribution in [0, 0.1) is 0 Å². The summed E-state index contributed by atoms with van der Waals surface area (Å²) in [5.41, 5.74) is 3.61. The lowest BCUT2D eigenvalue weighted by Gasteiger charge is -2.07. The topological polar surface area (TPSA) is 24.9 Å². The number of pyridine rings is 1. The quantitative estimate of drug-likeness (QED) is 0.828. The molecule has 0 aliphatic carbocycles. The fourth-order valence-corrected chi connectivity index (χ4v) is 1.78. The summed E-state index contributed by atoms with van der Waals surface area (Å²) in [7, 11) is 0. The van der Waals surface area contributed by atoms with Gasteiger partial charge in [-0.3, -0.25) is 0 Å². The molecular weight excluding hydrogens is 232 g/mol. The first kappa shape index (κ1) is 11.9. The highest BCUT2D eigenvalue weighted by atomic mass is 35.5. The Morgan fingerprint density at radius 2 is 1.82 bits per heavy atom. The zero-order valence-electron chi connectivity index (χ0n) is 9.78. The van der Waals surface area contributed by atoms with E-state index in [2.05, 4.69) is 41.5 Å². The number of hydrogen-bond donors (Lipinski definition) is 1. The van der Waals surface area contributed by atoms with E-state index in [1.54, 1.807) is 6.20 Å². The minimum atomic E-state index is 0.510. The number of aryl methyl sites for hydroxylation is 1. The Balaban J connectivity index is 1.97. The van der Waals surface area contributed by atoms with Crippen LogP contribution in [0.2, 0.25) is 5.15 Å². The monoisotopic (exact) mass is 246 g/mol. The molecule has 0 radical (unpaired) electrons. The van der Waals surface area contributed by atoms with Crippen LogP contribution < -0.4 is 5.32 Å². The molecule has 0 spiro atoms. The van der Waals surface area contributed by atoms with Crippen LogP contribution >= 0.6 is 11.6 Å². The second-order valence-electron chi connectivity index (χ2n) is 3.89. The van der Waals surface area contributed by atoms with Crippen molar-refractivity contribution in [2.75, 3.05) is 5.32 Å². The number of nitrogens with zero attached hydrogens (tertiary/aromatic N) is 1. The van der Waals surface area contributed by atoms with E-state index in [-0.39, 0.29) is 0 Å². The number of anilines is 1. The largest absolute Gasteiger partial charge is 0.381 e. The zero-order chi connectivity index (χ0) is 12.1. The number of hydrogen-bond acceptors (Lipinski definition) is 2. The van der Waals surface area contributed by atoms with Crippen molar-refractivity contribution >= 4 is 17.3 Å². The van der Waals surface area contributed by atoms with Gasteiger partial charge in [-0.15, -0.1) is 0 Å². The molecule has 1 heterocycles. The first-order valence-corrected chi connectivity index (χ1v) is 6.09. The van der Waals surface area contributed by atoms with Crippen LogP contribution in [-0.4, -0.2) is 4.98 Å². The van der Waals surface area contributed by atoms with Crippen molar-refractivity contribution in [1.82, 2.24) is 4.98 Å². The van der Waals surface area contributed by atoms with Crippen LogP contribution in [-0.2, 0) is 13.0 Å². The van der Waals surface area contributed by atoms with Crippen LogP contribution in [0.3, 0.4) is 0 Å². The van der Waals surface area contributed by atoms with E-state index in [4.69, 9.17) is 11.6 Å². The SMILES string of the molecule is CCc1ccc(CNc2ccnc(Cl)c2)cc1. The molecule has 1 aromatic carbocycles. The van der Waals surface area contributed by atoms with Crippen molar-refractivity contribution in [3.8, 4) is 0 Å². The minimum absolute atomic E-state index is 0.510. The number of nitrogens with one attached hydrogen (secondary N) is 1. The van der Waals surface area contributed by atoms with Gasteiger partial charge in [-0.1, -0.05) is 42.8 Å². The minimum Gasteiger partial charge on any atom is -0.381 e. The summed E-state index contributed by atoms with van der Waals surface area (Å²) in [4.78, 5) is 3.94. The van der Waals surface area contributed by atoms with Gasteiger partial charge < -0.3 is 5.32 Å². The summed E-state index contributed by atoms with van der Waals surface area (Å²) in [5, 5.41) is 3.83. The molecule has 0 atom stereocenters. The number of benzene rings is 1. The predicted octanol–water partition coefficient (Wildman–Crippen LogP) is 3.91. The molecule has 0 aliphatic rings. The number of aromatic nitrogens is 1.